The number of fused-ring (bicyclic) bond motifs is 1. The van der Waals surface area contributed by atoms with Crippen molar-refractivity contribution in [3.8, 4) is 0 Å². The number of rotatable bonds is 2. The number of nitrogens with zero attached hydrogens (tertiary/aromatic N) is 1. The lowest BCUT2D eigenvalue weighted by Gasteiger charge is -2.23. The Morgan fingerprint density at radius 2 is 1.90 bits per heavy atom. The Hall–Kier alpha value is -2.29. The summed E-state index contributed by atoms with van der Waals surface area (Å²) in [5.74, 6) is 0. The van der Waals surface area contributed by atoms with Gasteiger partial charge in [-0.3, -0.25) is 4.90 Å². The maximum Gasteiger partial charge on any atom is 0.326 e. The zero-order chi connectivity index (χ0) is 14.8. The number of para-hydroxylation sites is 2. The van der Waals surface area contributed by atoms with Crippen LogP contribution in [0.15, 0.2) is 48.5 Å². The Balaban J connectivity index is 1.86. The molecule has 1 atom stereocenters. The highest BCUT2D eigenvalue weighted by atomic mass is 16.2. The van der Waals surface area contributed by atoms with E-state index in [0.29, 0.717) is 0 Å². The van der Waals surface area contributed by atoms with E-state index in [9.17, 15) is 4.79 Å². The molecule has 3 heteroatoms. The van der Waals surface area contributed by atoms with Crippen LogP contribution in [0.3, 0.4) is 0 Å². The third kappa shape index (κ3) is 2.51. The standard InChI is InChI=1S/C18H20N2O/c1-3-14-8-4-6-10-16(14)19-18(21)20-13(2)12-15-9-5-7-11-17(15)20/h4-11,13H,3,12H2,1-2H3,(H,19,21). The normalized spacial score (nSPS) is 16.7. The first kappa shape index (κ1) is 13.7. The maximum atomic E-state index is 12.7. The van der Waals surface area contributed by atoms with Gasteiger partial charge in [-0.1, -0.05) is 43.3 Å². The first-order chi connectivity index (χ1) is 10.2. The van der Waals surface area contributed by atoms with E-state index in [-0.39, 0.29) is 12.1 Å². The fraction of sp³-hybridized carbons (Fsp3) is 0.278. The van der Waals surface area contributed by atoms with E-state index in [1.165, 1.54) is 5.56 Å². The van der Waals surface area contributed by atoms with Gasteiger partial charge >= 0.3 is 6.03 Å². The number of benzene rings is 2. The van der Waals surface area contributed by atoms with E-state index in [2.05, 4.69) is 31.3 Å². The number of hydrogen-bond acceptors (Lipinski definition) is 1. The number of urea groups is 1. The predicted molar refractivity (Wildman–Crippen MR) is 86.9 cm³/mol. The molecule has 108 valence electrons. The summed E-state index contributed by atoms with van der Waals surface area (Å²) < 4.78 is 0. The number of aryl methyl sites for hydroxylation is 1. The Morgan fingerprint density at radius 3 is 2.71 bits per heavy atom. The summed E-state index contributed by atoms with van der Waals surface area (Å²) in [5, 5.41) is 3.06. The molecule has 0 saturated carbocycles. The topological polar surface area (TPSA) is 32.3 Å². The van der Waals surface area contributed by atoms with Crippen LogP contribution in [0.25, 0.3) is 0 Å². The molecule has 0 aromatic heterocycles. The van der Waals surface area contributed by atoms with Gasteiger partial charge in [0.05, 0.1) is 0 Å². The van der Waals surface area contributed by atoms with Crippen LogP contribution in [-0.4, -0.2) is 12.1 Å². The third-order valence-electron chi connectivity index (χ3n) is 4.07. The molecule has 0 fully saturated rings. The van der Waals surface area contributed by atoms with Gasteiger partial charge in [0.2, 0.25) is 0 Å². The van der Waals surface area contributed by atoms with Crippen molar-refractivity contribution in [1.82, 2.24) is 0 Å². The average Bonchev–Trinajstić information content (AvgIpc) is 2.83. The van der Waals surface area contributed by atoms with Crippen LogP contribution in [0.4, 0.5) is 16.2 Å². The van der Waals surface area contributed by atoms with Crippen molar-refractivity contribution in [3.63, 3.8) is 0 Å². The van der Waals surface area contributed by atoms with Crippen LogP contribution >= 0.6 is 0 Å². The first-order valence-corrected chi connectivity index (χ1v) is 7.46. The summed E-state index contributed by atoms with van der Waals surface area (Å²) in [6, 6.07) is 16.2. The number of anilines is 2. The van der Waals surface area contributed by atoms with Crippen molar-refractivity contribution >= 4 is 17.4 Å². The molecule has 21 heavy (non-hydrogen) atoms. The Morgan fingerprint density at radius 1 is 1.19 bits per heavy atom. The van der Waals surface area contributed by atoms with Gasteiger partial charge in [0, 0.05) is 17.4 Å². The van der Waals surface area contributed by atoms with Crippen LogP contribution < -0.4 is 10.2 Å². The Bertz CT molecular complexity index is 666. The number of nitrogens with one attached hydrogen (secondary N) is 1. The number of amides is 2. The van der Waals surface area contributed by atoms with Crippen molar-refractivity contribution in [3.05, 3.63) is 59.7 Å². The molecule has 0 radical (unpaired) electrons. The summed E-state index contributed by atoms with van der Waals surface area (Å²) in [6.07, 6.45) is 1.82. The van der Waals surface area contributed by atoms with Crippen molar-refractivity contribution < 1.29 is 4.79 Å². The third-order valence-corrected chi connectivity index (χ3v) is 4.07. The van der Waals surface area contributed by atoms with Gasteiger partial charge in [0.1, 0.15) is 0 Å². The fourth-order valence-electron chi connectivity index (χ4n) is 3.00. The minimum atomic E-state index is -0.0478. The quantitative estimate of drug-likeness (QED) is 0.877. The molecule has 3 nitrogen and oxygen atoms in total. The second-order valence-electron chi connectivity index (χ2n) is 5.49. The highest BCUT2D eigenvalue weighted by molar-refractivity contribution is 6.04. The van der Waals surface area contributed by atoms with E-state index in [0.717, 1.165) is 29.8 Å². The lowest BCUT2D eigenvalue weighted by molar-refractivity contribution is 0.256. The van der Waals surface area contributed by atoms with Crippen LogP contribution in [-0.2, 0) is 12.8 Å². The predicted octanol–water partition coefficient (Wildman–Crippen LogP) is 4.23. The molecule has 1 N–H and O–H groups in total. The molecule has 1 aliphatic rings. The van der Waals surface area contributed by atoms with Gasteiger partial charge in [-0.15, -0.1) is 0 Å². The molecule has 2 aromatic carbocycles. The van der Waals surface area contributed by atoms with Crippen molar-refractivity contribution in [2.45, 2.75) is 32.7 Å². The average molecular weight is 280 g/mol. The van der Waals surface area contributed by atoms with E-state index in [4.69, 9.17) is 0 Å². The lowest BCUT2D eigenvalue weighted by Crippen LogP contribution is -2.39. The molecule has 0 saturated heterocycles. The molecule has 2 amide bonds. The summed E-state index contributed by atoms with van der Waals surface area (Å²) >= 11 is 0. The van der Waals surface area contributed by atoms with E-state index in [1.54, 1.807) is 0 Å². The smallest absolute Gasteiger partial charge is 0.307 e. The molecule has 0 aliphatic carbocycles. The first-order valence-electron chi connectivity index (χ1n) is 7.46. The molecule has 2 aromatic rings. The zero-order valence-corrected chi connectivity index (χ0v) is 12.5. The second kappa shape index (κ2) is 5.60. The molecular weight excluding hydrogens is 260 g/mol. The molecule has 3 rings (SSSR count). The van der Waals surface area contributed by atoms with Crippen molar-refractivity contribution in [2.75, 3.05) is 10.2 Å². The van der Waals surface area contributed by atoms with Gasteiger partial charge < -0.3 is 5.32 Å². The summed E-state index contributed by atoms with van der Waals surface area (Å²) in [4.78, 5) is 14.5. The fourth-order valence-corrected chi connectivity index (χ4v) is 3.00. The Labute approximate surface area is 125 Å². The maximum absolute atomic E-state index is 12.7. The summed E-state index contributed by atoms with van der Waals surface area (Å²) in [7, 11) is 0. The van der Waals surface area contributed by atoms with Crippen LogP contribution in [0, 0.1) is 0 Å². The number of hydrogen-bond donors (Lipinski definition) is 1. The van der Waals surface area contributed by atoms with E-state index in [1.807, 2.05) is 41.3 Å². The Kier molecular flexibility index (Phi) is 3.65. The minimum absolute atomic E-state index is 0.0478. The van der Waals surface area contributed by atoms with Gasteiger partial charge in [0.25, 0.3) is 0 Å². The van der Waals surface area contributed by atoms with E-state index >= 15 is 0 Å². The lowest BCUT2D eigenvalue weighted by atomic mass is 10.1. The highest BCUT2D eigenvalue weighted by Crippen LogP contribution is 2.32. The monoisotopic (exact) mass is 280 g/mol. The molecule has 1 aliphatic heterocycles. The van der Waals surface area contributed by atoms with Crippen LogP contribution in [0.2, 0.25) is 0 Å². The van der Waals surface area contributed by atoms with Crippen molar-refractivity contribution in [2.24, 2.45) is 0 Å². The largest absolute Gasteiger partial charge is 0.326 e. The van der Waals surface area contributed by atoms with Crippen LogP contribution in [0.5, 0.6) is 0 Å². The van der Waals surface area contributed by atoms with Crippen LogP contribution in [0.1, 0.15) is 25.0 Å². The molecule has 1 unspecified atom stereocenters. The molecule has 1 heterocycles. The molecule has 0 bridgehead atoms. The molecule has 0 spiro atoms. The molecular formula is C18H20N2O. The van der Waals surface area contributed by atoms with Gasteiger partial charge in [-0.2, -0.15) is 0 Å². The van der Waals surface area contributed by atoms with E-state index < -0.39 is 0 Å². The summed E-state index contributed by atoms with van der Waals surface area (Å²) in [6.45, 7) is 4.18. The van der Waals surface area contributed by atoms with Gasteiger partial charge in [0.15, 0.2) is 0 Å². The van der Waals surface area contributed by atoms with Crippen molar-refractivity contribution in [1.29, 1.82) is 0 Å². The minimum Gasteiger partial charge on any atom is -0.307 e. The second-order valence-corrected chi connectivity index (χ2v) is 5.49. The summed E-state index contributed by atoms with van der Waals surface area (Å²) in [5.41, 5.74) is 4.33. The number of carbonyl (C=O) groups is 1. The zero-order valence-electron chi connectivity index (χ0n) is 12.5. The van der Waals surface area contributed by atoms with Gasteiger partial charge in [-0.25, -0.2) is 4.79 Å². The number of carbonyl (C=O) groups excluding carboxylic acids is 1. The highest BCUT2D eigenvalue weighted by Gasteiger charge is 2.30. The van der Waals surface area contributed by atoms with Gasteiger partial charge in [-0.05, 0) is 43.0 Å². The SMILES string of the molecule is CCc1ccccc1NC(=O)N1c2ccccc2CC1C.